The van der Waals surface area contributed by atoms with Gasteiger partial charge in [-0.05, 0) is 23.7 Å². The summed E-state index contributed by atoms with van der Waals surface area (Å²) in [6, 6.07) is 19.1. The lowest BCUT2D eigenvalue weighted by molar-refractivity contribution is 0.0554. The van der Waals surface area contributed by atoms with Gasteiger partial charge in [-0.2, -0.15) is 0 Å². The van der Waals surface area contributed by atoms with Crippen molar-refractivity contribution in [3.8, 4) is 0 Å². The number of fused-ring (bicyclic) bond motifs is 1. The molecule has 2 aromatic rings. The molecule has 0 bridgehead atoms. The lowest BCUT2D eigenvalue weighted by Crippen LogP contribution is -2.27. The highest BCUT2D eigenvalue weighted by Gasteiger charge is 2.20. The van der Waals surface area contributed by atoms with Crippen LogP contribution in [0, 0.1) is 0 Å². The van der Waals surface area contributed by atoms with Crippen molar-refractivity contribution in [1.82, 2.24) is 4.90 Å². The van der Waals surface area contributed by atoms with E-state index in [2.05, 4.69) is 60.5 Å². The molecule has 0 saturated carbocycles. The Balaban J connectivity index is 0.000000368. The van der Waals surface area contributed by atoms with Crippen LogP contribution in [0.2, 0.25) is 0 Å². The highest BCUT2D eigenvalue weighted by molar-refractivity contribution is 7.45. The van der Waals surface area contributed by atoms with Crippen LogP contribution in [0.15, 0.2) is 54.6 Å². The van der Waals surface area contributed by atoms with Crippen molar-refractivity contribution in [3.05, 3.63) is 71.3 Å². The summed E-state index contributed by atoms with van der Waals surface area (Å²) in [6.07, 6.45) is 0.0612. The number of rotatable bonds is 1. The van der Waals surface area contributed by atoms with Crippen LogP contribution in [0.3, 0.4) is 0 Å². The van der Waals surface area contributed by atoms with Crippen molar-refractivity contribution in [2.45, 2.75) is 12.6 Å². The summed E-state index contributed by atoms with van der Waals surface area (Å²) in [5.41, 5.74) is 3.89. The summed E-state index contributed by atoms with van der Waals surface area (Å²) in [5, 5.41) is 0. The fraction of sp³-hybridized carbons (Fsp3) is 0.294. The fourth-order valence-electron chi connectivity index (χ4n) is 2.62. The Morgan fingerprint density at radius 1 is 1.04 bits per heavy atom. The summed E-state index contributed by atoms with van der Waals surface area (Å²) < 4.78 is 15.0. The number of nitrogens with zero attached hydrogens (tertiary/aromatic N) is 1. The minimum Gasteiger partial charge on any atom is -0.367 e. The maximum atomic E-state index is 8.88. The molecular weight excluding hydrogens is 329 g/mol. The van der Waals surface area contributed by atoms with E-state index in [1.165, 1.54) is 16.7 Å². The Hall–Kier alpha value is -1.53. The molecule has 0 amide bonds. The van der Waals surface area contributed by atoms with E-state index in [0.29, 0.717) is 0 Å². The van der Waals surface area contributed by atoms with Crippen molar-refractivity contribution in [2.75, 3.05) is 20.2 Å². The summed E-state index contributed by atoms with van der Waals surface area (Å²) in [4.78, 5) is 23.9. The predicted octanol–water partition coefficient (Wildman–Crippen LogP) is 2.31. The first-order valence-electron chi connectivity index (χ1n) is 7.56. The standard InChI is InChI=1S/C17H19NO.H3O4P/c1-18-11-12-19-17(14-7-3-2-4-8-14)16-10-6-5-9-15(16)13-18;1-5(2,3)4/h2-10,17H,11-13H2,1H3;(H3,1,2,3,4). The molecule has 1 aliphatic rings. The number of phosphoric acid groups is 1. The first-order chi connectivity index (χ1) is 11.3. The first kappa shape index (κ1) is 18.8. The Morgan fingerprint density at radius 3 is 2.29 bits per heavy atom. The van der Waals surface area contributed by atoms with Gasteiger partial charge in [-0.25, -0.2) is 4.57 Å². The predicted molar refractivity (Wildman–Crippen MR) is 91.3 cm³/mol. The van der Waals surface area contributed by atoms with Crippen LogP contribution < -0.4 is 0 Å². The van der Waals surface area contributed by atoms with Gasteiger partial charge >= 0.3 is 7.82 Å². The lowest BCUT2D eigenvalue weighted by Gasteiger charge is -2.28. The minimum absolute atomic E-state index is 0.0612. The van der Waals surface area contributed by atoms with Crippen molar-refractivity contribution in [1.29, 1.82) is 0 Å². The molecule has 1 heterocycles. The highest BCUT2D eigenvalue weighted by atomic mass is 31.2. The van der Waals surface area contributed by atoms with Crippen LogP contribution in [0.1, 0.15) is 22.8 Å². The molecule has 1 unspecified atom stereocenters. The Morgan fingerprint density at radius 2 is 1.62 bits per heavy atom. The summed E-state index contributed by atoms with van der Waals surface area (Å²) in [6.45, 7) is 2.73. The molecule has 2 aromatic carbocycles. The molecule has 24 heavy (non-hydrogen) atoms. The lowest BCUT2D eigenvalue weighted by atomic mass is 9.96. The second kappa shape index (κ2) is 8.53. The molecule has 0 aromatic heterocycles. The van der Waals surface area contributed by atoms with Crippen LogP contribution in [0.4, 0.5) is 0 Å². The summed E-state index contributed by atoms with van der Waals surface area (Å²) >= 11 is 0. The summed E-state index contributed by atoms with van der Waals surface area (Å²) in [7, 11) is -2.50. The molecule has 0 aliphatic carbocycles. The van der Waals surface area contributed by atoms with Gasteiger partial charge in [0.15, 0.2) is 0 Å². The van der Waals surface area contributed by atoms with Crippen LogP contribution in [0.25, 0.3) is 0 Å². The van der Waals surface area contributed by atoms with Crippen LogP contribution >= 0.6 is 7.82 Å². The minimum atomic E-state index is -4.64. The van der Waals surface area contributed by atoms with Gasteiger partial charge < -0.3 is 19.4 Å². The number of benzene rings is 2. The van der Waals surface area contributed by atoms with Gasteiger partial charge in [-0.15, -0.1) is 0 Å². The Labute approximate surface area is 141 Å². The summed E-state index contributed by atoms with van der Waals surface area (Å²) in [5.74, 6) is 0. The highest BCUT2D eigenvalue weighted by Crippen LogP contribution is 2.30. The van der Waals surface area contributed by atoms with E-state index in [1.807, 2.05) is 6.07 Å². The molecule has 3 rings (SSSR count). The normalized spacial score (nSPS) is 18.6. The topological polar surface area (TPSA) is 90.2 Å². The largest absolute Gasteiger partial charge is 0.466 e. The zero-order chi connectivity index (χ0) is 17.6. The van der Waals surface area contributed by atoms with Gasteiger partial charge in [0.05, 0.1) is 6.61 Å². The third-order valence-electron chi connectivity index (χ3n) is 3.64. The molecule has 0 radical (unpaired) electrons. The molecule has 7 heteroatoms. The van der Waals surface area contributed by atoms with E-state index in [9.17, 15) is 0 Å². The van der Waals surface area contributed by atoms with Gasteiger partial charge in [0.1, 0.15) is 6.10 Å². The smallest absolute Gasteiger partial charge is 0.367 e. The van der Waals surface area contributed by atoms with Gasteiger partial charge in [-0.1, -0.05) is 54.6 Å². The van der Waals surface area contributed by atoms with Gasteiger partial charge in [0.25, 0.3) is 0 Å². The maximum Gasteiger partial charge on any atom is 0.466 e. The van der Waals surface area contributed by atoms with Crippen LogP contribution in [-0.4, -0.2) is 39.8 Å². The second-order valence-electron chi connectivity index (χ2n) is 5.61. The third-order valence-corrected chi connectivity index (χ3v) is 3.64. The van der Waals surface area contributed by atoms with Crippen molar-refractivity contribution in [3.63, 3.8) is 0 Å². The molecule has 3 N–H and O–H groups in total. The molecule has 0 fully saturated rings. The molecule has 1 aliphatic heterocycles. The average Bonchev–Trinajstić information content (AvgIpc) is 2.50. The number of ether oxygens (including phenoxy) is 1. The van der Waals surface area contributed by atoms with Crippen molar-refractivity contribution < 1.29 is 24.0 Å². The van der Waals surface area contributed by atoms with Gasteiger partial charge in [0, 0.05) is 13.1 Å². The van der Waals surface area contributed by atoms with Crippen LogP contribution in [-0.2, 0) is 15.8 Å². The Bertz CT molecular complexity index is 680. The monoisotopic (exact) mass is 351 g/mol. The van der Waals surface area contributed by atoms with Crippen LogP contribution in [0.5, 0.6) is 0 Å². The SMILES string of the molecule is CN1CCOC(c2ccccc2)c2ccccc2C1.O=P(O)(O)O. The first-order valence-corrected chi connectivity index (χ1v) is 9.12. The van der Waals surface area contributed by atoms with E-state index in [1.54, 1.807) is 0 Å². The second-order valence-corrected chi connectivity index (χ2v) is 6.64. The van der Waals surface area contributed by atoms with Crippen molar-refractivity contribution >= 4 is 7.82 Å². The molecular formula is C17H22NO5P. The average molecular weight is 351 g/mol. The third kappa shape index (κ3) is 6.17. The zero-order valence-electron chi connectivity index (χ0n) is 13.4. The molecule has 1 atom stereocenters. The maximum absolute atomic E-state index is 8.88. The van der Waals surface area contributed by atoms with E-state index in [-0.39, 0.29) is 6.10 Å². The fourth-order valence-corrected chi connectivity index (χ4v) is 2.62. The molecule has 0 saturated heterocycles. The zero-order valence-corrected chi connectivity index (χ0v) is 14.3. The van der Waals surface area contributed by atoms with Crippen molar-refractivity contribution in [2.24, 2.45) is 0 Å². The number of likely N-dealkylation sites (N-methyl/N-ethyl adjacent to an activating group) is 1. The number of hydrogen-bond acceptors (Lipinski definition) is 3. The van der Waals surface area contributed by atoms with E-state index >= 15 is 0 Å². The van der Waals surface area contributed by atoms with E-state index in [0.717, 1.165) is 19.7 Å². The number of hydrogen-bond donors (Lipinski definition) is 3. The van der Waals surface area contributed by atoms with Gasteiger partial charge in [-0.3, -0.25) is 4.90 Å². The quantitative estimate of drug-likeness (QED) is 0.683. The van der Waals surface area contributed by atoms with E-state index in [4.69, 9.17) is 24.0 Å². The van der Waals surface area contributed by atoms with E-state index < -0.39 is 7.82 Å². The Kier molecular flexibility index (Phi) is 6.69. The molecule has 130 valence electrons. The molecule has 0 spiro atoms. The van der Waals surface area contributed by atoms with Gasteiger partial charge in [0.2, 0.25) is 0 Å². The molecule has 6 nitrogen and oxygen atoms in total.